The van der Waals surface area contributed by atoms with Gasteiger partial charge in [0.25, 0.3) is 0 Å². The second-order valence-electron chi connectivity index (χ2n) is 6.66. The molecule has 2 aliphatic rings. The maximum atomic E-state index is 3.59. The van der Waals surface area contributed by atoms with Crippen molar-refractivity contribution in [2.45, 2.75) is 46.0 Å². The molecule has 0 amide bonds. The van der Waals surface area contributed by atoms with Crippen LogP contribution in [0.5, 0.6) is 0 Å². The molecule has 2 nitrogen and oxygen atoms in total. The molecule has 0 heterocycles. The summed E-state index contributed by atoms with van der Waals surface area (Å²) >= 11 is 0. The zero-order valence-corrected chi connectivity index (χ0v) is 12.0. The summed E-state index contributed by atoms with van der Waals surface area (Å²) in [6.07, 6.45) is 7.22. The molecule has 0 saturated heterocycles. The molecule has 100 valence electrons. The molecular formula is C15H30N2. The average Bonchev–Trinajstić information content (AvgIpc) is 2.80. The highest BCUT2D eigenvalue weighted by Gasteiger charge is 2.37. The Kier molecular flexibility index (Phi) is 4.48. The van der Waals surface area contributed by atoms with Crippen molar-refractivity contribution in [3.63, 3.8) is 0 Å². The van der Waals surface area contributed by atoms with Crippen molar-refractivity contribution < 1.29 is 0 Å². The van der Waals surface area contributed by atoms with E-state index in [0.717, 1.165) is 18.4 Å². The van der Waals surface area contributed by atoms with Crippen LogP contribution in [0.15, 0.2) is 0 Å². The van der Waals surface area contributed by atoms with E-state index in [9.17, 15) is 0 Å². The third-order valence-electron chi connectivity index (χ3n) is 4.84. The third kappa shape index (κ3) is 3.69. The lowest BCUT2D eigenvalue weighted by Crippen LogP contribution is -2.42. The van der Waals surface area contributed by atoms with Crippen LogP contribution in [0, 0.1) is 17.3 Å². The van der Waals surface area contributed by atoms with Crippen LogP contribution >= 0.6 is 0 Å². The molecule has 2 saturated carbocycles. The van der Waals surface area contributed by atoms with Crippen LogP contribution in [-0.2, 0) is 0 Å². The molecule has 2 atom stereocenters. The Balaban J connectivity index is 1.79. The Morgan fingerprint density at radius 1 is 1.29 bits per heavy atom. The van der Waals surface area contributed by atoms with E-state index in [0.29, 0.717) is 5.41 Å². The van der Waals surface area contributed by atoms with Gasteiger partial charge in [0.1, 0.15) is 0 Å². The highest BCUT2D eigenvalue weighted by molar-refractivity contribution is 4.91. The van der Waals surface area contributed by atoms with Crippen LogP contribution in [0.1, 0.15) is 46.0 Å². The lowest BCUT2D eigenvalue weighted by molar-refractivity contribution is 0.168. The Labute approximate surface area is 107 Å². The summed E-state index contributed by atoms with van der Waals surface area (Å²) in [5.41, 5.74) is 0.586. The van der Waals surface area contributed by atoms with Gasteiger partial charge in [-0.25, -0.2) is 0 Å². The first kappa shape index (κ1) is 13.4. The predicted octanol–water partition coefficient (Wildman–Crippen LogP) is 2.74. The number of hydrogen-bond acceptors (Lipinski definition) is 2. The van der Waals surface area contributed by atoms with E-state index in [1.807, 2.05) is 0 Å². The quantitative estimate of drug-likeness (QED) is 0.733. The van der Waals surface area contributed by atoms with E-state index in [1.165, 1.54) is 51.7 Å². The zero-order chi connectivity index (χ0) is 12.3. The molecule has 2 unspecified atom stereocenters. The summed E-state index contributed by atoms with van der Waals surface area (Å²) in [7, 11) is 2.33. The minimum atomic E-state index is 0.586. The molecule has 2 heteroatoms. The van der Waals surface area contributed by atoms with Crippen LogP contribution in [0.3, 0.4) is 0 Å². The van der Waals surface area contributed by atoms with Gasteiger partial charge in [-0.3, -0.25) is 0 Å². The van der Waals surface area contributed by atoms with E-state index in [4.69, 9.17) is 0 Å². The summed E-state index contributed by atoms with van der Waals surface area (Å²) in [6.45, 7) is 9.60. The fourth-order valence-electron chi connectivity index (χ4n) is 3.60. The molecule has 2 rings (SSSR count). The first-order valence-corrected chi connectivity index (χ1v) is 7.54. The van der Waals surface area contributed by atoms with E-state index in [1.54, 1.807) is 0 Å². The van der Waals surface area contributed by atoms with E-state index in [2.05, 4.69) is 31.1 Å². The Morgan fingerprint density at radius 3 is 2.47 bits per heavy atom. The van der Waals surface area contributed by atoms with Crippen molar-refractivity contribution in [1.82, 2.24) is 10.2 Å². The molecule has 17 heavy (non-hydrogen) atoms. The predicted molar refractivity (Wildman–Crippen MR) is 74.2 cm³/mol. The van der Waals surface area contributed by atoms with Gasteiger partial charge in [-0.2, -0.15) is 0 Å². The molecule has 2 fully saturated rings. The van der Waals surface area contributed by atoms with Crippen molar-refractivity contribution in [3.8, 4) is 0 Å². The topological polar surface area (TPSA) is 15.3 Å². The van der Waals surface area contributed by atoms with Gasteiger partial charge in [0.05, 0.1) is 0 Å². The van der Waals surface area contributed by atoms with Crippen molar-refractivity contribution in [1.29, 1.82) is 0 Å². The number of nitrogens with one attached hydrogen (secondary N) is 1. The molecule has 0 aromatic carbocycles. The number of rotatable bonds is 7. The molecule has 0 aliphatic heterocycles. The van der Waals surface area contributed by atoms with Gasteiger partial charge in [0.2, 0.25) is 0 Å². The van der Waals surface area contributed by atoms with Gasteiger partial charge in [0, 0.05) is 19.6 Å². The monoisotopic (exact) mass is 238 g/mol. The van der Waals surface area contributed by atoms with Crippen LogP contribution in [-0.4, -0.2) is 38.1 Å². The van der Waals surface area contributed by atoms with Crippen LogP contribution in [0.25, 0.3) is 0 Å². The van der Waals surface area contributed by atoms with E-state index < -0.39 is 0 Å². The minimum absolute atomic E-state index is 0.586. The largest absolute Gasteiger partial charge is 0.316 e. The fraction of sp³-hybridized carbons (Fsp3) is 1.00. The molecule has 0 radical (unpaired) electrons. The van der Waals surface area contributed by atoms with Gasteiger partial charge in [-0.1, -0.05) is 26.7 Å². The van der Waals surface area contributed by atoms with E-state index in [-0.39, 0.29) is 0 Å². The van der Waals surface area contributed by atoms with E-state index >= 15 is 0 Å². The summed E-state index contributed by atoms with van der Waals surface area (Å²) in [5.74, 6) is 1.99. The first-order valence-electron chi connectivity index (χ1n) is 7.54. The number of hydrogen-bond donors (Lipinski definition) is 1. The van der Waals surface area contributed by atoms with Crippen molar-refractivity contribution in [2.75, 3.05) is 33.2 Å². The van der Waals surface area contributed by atoms with Gasteiger partial charge in [0.15, 0.2) is 0 Å². The molecule has 0 spiro atoms. The van der Waals surface area contributed by atoms with Crippen LogP contribution in [0.4, 0.5) is 0 Å². The normalized spacial score (nSPS) is 31.1. The second-order valence-corrected chi connectivity index (χ2v) is 6.66. The zero-order valence-electron chi connectivity index (χ0n) is 12.0. The number of nitrogens with zero attached hydrogens (tertiary/aromatic N) is 1. The minimum Gasteiger partial charge on any atom is -0.316 e. The molecule has 0 aromatic heterocycles. The summed E-state index contributed by atoms with van der Waals surface area (Å²) in [4.78, 5) is 2.61. The standard InChI is InChI=1S/C15H30N2/c1-4-16-11-15(7-5-6-8-15)12-17(3)10-14-9-13(14)2/h13-14,16H,4-12H2,1-3H3. The van der Waals surface area contributed by atoms with Gasteiger partial charge in [-0.05, 0) is 50.1 Å². The van der Waals surface area contributed by atoms with Crippen molar-refractivity contribution >= 4 is 0 Å². The Bertz CT molecular complexity index is 233. The molecular weight excluding hydrogens is 208 g/mol. The smallest absolute Gasteiger partial charge is 0.00472 e. The molecule has 2 aliphatic carbocycles. The Morgan fingerprint density at radius 2 is 1.94 bits per heavy atom. The van der Waals surface area contributed by atoms with Gasteiger partial charge < -0.3 is 10.2 Å². The highest BCUT2D eigenvalue weighted by atomic mass is 15.1. The lowest BCUT2D eigenvalue weighted by atomic mass is 9.85. The lowest BCUT2D eigenvalue weighted by Gasteiger charge is -2.34. The molecule has 0 bridgehead atoms. The van der Waals surface area contributed by atoms with Gasteiger partial charge >= 0.3 is 0 Å². The molecule has 0 aromatic rings. The summed E-state index contributed by atoms with van der Waals surface area (Å²) in [5, 5.41) is 3.59. The maximum absolute atomic E-state index is 3.59. The SMILES string of the molecule is CCNCC1(CN(C)CC2CC2C)CCCC1. The second kappa shape index (κ2) is 5.71. The average molecular weight is 238 g/mol. The highest BCUT2D eigenvalue weighted by Crippen LogP contribution is 2.41. The third-order valence-corrected chi connectivity index (χ3v) is 4.84. The molecule has 1 N–H and O–H groups in total. The Hall–Kier alpha value is -0.0800. The summed E-state index contributed by atoms with van der Waals surface area (Å²) < 4.78 is 0. The van der Waals surface area contributed by atoms with Crippen molar-refractivity contribution in [2.24, 2.45) is 17.3 Å². The summed E-state index contributed by atoms with van der Waals surface area (Å²) in [6, 6.07) is 0. The maximum Gasteiger partial charge on any atom is 0.00472 e. The van der Waals surface area contributed by atoms with Crippen molar-refractivity contribution in [3.05, 3.63) is 0 Å². The first-order chi connectivity index (χ1) is 8.15. The van der Waals surface area contributed by atoms with Crippen LogP contribution < -0.4 is 5.32 Å². The van der Waals surface area contributed by atoms with Crippen LogP contribution in [0.2, 0.25) is 0 Å². The van der Waals surface area contributed by atoms with Gasteiger partial charge in [-0.15, -0.1) is 0 Å². The fourth-order valence-corrected chi connectivity index (χ4v) is 3.60.